The first kappa shape index (κ1) is 21.8. The number of nitrogens with zero attached hydrogens (tertiary/aromatic N) is 2. The Morgan fingerprint density at radius 1 is 1.26 bits per heavy atom. The summed E-state index contributed by atoms with van der Waals surface area (Å²) in [5.74, 6) is -2.10. The van der Waals surface area contributed by atoms with Gasteiger partial charge in [0.2, 0.25) is 5.91 Å². The van der Waals surface area contributed by atoms with Crippen molar-refractivity contribution < 1.29 is 22.8 Å². The molecule has 2 rings (SSSR count). The van der Waals surface area contributed by atoms with Crippen molar-refractivity contribution in [2.24, 2.45) is 5.92 Å². The zero-order valence-corrected chi connectivity index (χ0v) is 16.4. The van der Waals surface area contributed by atoms with Gasteiger partial charge in [-0.05, 0) is 43.9 Å². The quantitative estimate of drug-likeness (QED) is 0.656. The Labute approximate surface area is 166 Å². The fraction of sp³-hybridized carbons (Fsp3) is 0.556. The Balaban J connectivity index is 2.10. The molecule has 150 valence electrons. The summed E-state index contributed by atoms with van der Waals surface area (Å²) in [6, 6.07) is 5.30. The molecule has 1 aromatic rings. The Hall–Kier alpha value is -1.47. The zero-order valence-electron chi connectivity index (χ0n) is 14.9. The van der Waals surface area contributed by atoms with E-state index in [1.165, 1.54) is 0 Å². The van der Waals surface area contributed by atoms with Gasteiger partial charge in [-0.2, -0.15) is 13.2 Å². The van der Waals surface area contributed by atoms with E-state index in [1.54, 1.807) is 17.0 Å². The number of benzene rings is 1. The van der Waals surface area contributed by atoms with Crippen molar-refractivity contribution in [2.75, 3.05) is 30.4 Å². The minimum Gasteiger partial charge on any atom is -0.335 e. The fourth-order valence-corrected chi connectivity index (χ4v) is 3.36. The zero-order chi connectivity index (χ0) is 20.2. The first-order valence-electron chi connectivity index (χ1n) is 8.64. The molecule has 1 aromatic carbocycles. The van der Waals surface area contributed by atoms with E-state index in [0.717, 1.165) is 10.5 Å². The fourth-order valence-electron chi connectivity index (χ4n) is 3.06. The molecule has 27 heavy (non-hydrogen) atoms. The van der Waals surface area contributed by atoms with Gasteiger partial charge in [0.1, 0.15) is 0 Å². The molecule has 0 aliphatic carbocycles. The summed E-state index contributed by atoms with van der Waals surface area (Å²) in [6.45, 7) is 2.06. The molecule has 9 heteroatoms. The molecule has 1 fully saturated rings. The highest BCUT2D eigenvalue weighted by atomic mass is 35.5. The summed E-state index contributed by atoms with van der Waals surface area (Å²) < 4.78 is 37.7. The van der Waals surface area contributed by atoms with Crippen LogP contribution in [0.1, 0.15) is 24.8 Å². The predicted molar refractivity (Wildman–Crippen MR) is 99.2 cm³/mol. The van der Waals surface area contributed by atoms with Crippen LogP contribution in [0.4, 0.5) is 18.9 Å². The Morgan fingerprint density at radius 3 is 2.41 bits per heavy atom. The van der Waals surface area contributed by atoms with Crippen LogP contribution in [-0.4, -0.2) is 48.4 Å². The summed E-state index contributed by atoms with van der Waals surface area (Å²) in [5, 5.41) is 0.529. The number of aryl methyl sites for hydroxylation is 1. The highest BCUT2D eigenvalue weighted by Gasteiger charge is 2.44. The number of piperidine rings is 1. The summed E-state index contributed by atoms with van der Waals surface area (Å²) in [7, 11) is 0. The summed E-state index contributed by atoms with van der Waals surface area (Å²) in [6.07, 6.45) is -3.93. The number of hydrogen-bond donors (Lipinski definition) is 0. The third-order valence-electron chi connectivity index (χ3n) is 4.62. The van der Waals surface area contributed by atoms with Crippen LogP contribution in [0.3, 0.4) is 0 Å². The van der Waals surface area contributed by atoms with Crippen LogP contribution in [0.5, 0.6) is 0 Å². The molecule has 0 unspecified atom stereocenters. The lowest BCUT2D eigenvalue weighted by Crippen LogP contribution is -2.48. The van der Waals surface area contributed by atoms with Crippen molar-refractivity contribution in [3.63, 3.8) is 0 Å². The number of amides is 2. The molecule has 0 spiro atoms. The van der Waals surface area contributed by atoms with Crippen LogP contribution in [-0.2, 0) is 9.59 Å². The maximum Gasteiger partial charge on any atom is 0.471 e. The molecular weight excluding hydrogens is 404 g/mol. The SMILES string of the molecule is Cc1ccc(N(CCCCl)C(=O)C2CCN(C(=O)C(F)(F)F)CC2)cc1Cl. The third kappa shape index (κ3) is 5.51. The summed E-state index contributed by atoms with van der Waals surface area (Å²) in [4.78, 5) is 26.7. The first-order chi connectivity index (χ1) is 12.6. The lowest BCUT2D eigenvalue weighted by Gasteiger charge is -2.34. The van der Waals surface area contributed by atoms with Gasteiger partial charge in [0, 0.05) is 42.1 Å². The lowest BCUT2D eigenvalue weighted by molar-refractivity contribution is -0.186. The Morgan fingerprint density at radius 2 is 1.89 bits per heavy atom. The second-order valence-corrected chi connectivity index (χ2v) is 7.32. The second-order valence-electron chi connectivity index (χ2n) is 6.53. The van der Waals surface area contributed by atoms with Crippen LogP contribution in [0.25, 0.3) is 0 Å². The number of alkyl halides is 4. The number of carbonyl (C=O) groups excluding carboxylic acids is 2. The van der Waals surface area contributed by atoms with Gasteiger partial charge in [0.25, 0.3) is 0 Å². The van der Waals surface area contributed by atoms with E-state index >= 15 is 0 Å². The minimum atomic E-state index is -4.89. The molecule has 1 saturated heterocycles. The van der Waals surface area contributed by atoms with Crippen LogP contribution in [0.2, 0.25) is 5.02 Å². The van der Waals surface area contributed by atoms with E-state index in [-0.39, 0.29) is 31.8 Å². The largest absolute Gasteiger partial charge is 0.471 e. The van der Waals surface area contributed by atoms with E-state index in [0.29, 0.717) is 29.6 Å². The number of rotatable bonds is 5. The van der Waals surface area contributed by atoms with E-state index in [4.69, 9.17) is 23.2 Å². The Kier molecular flexibility index (Phi) is 7.40. The van der Waals surface area contributed by atoms with Gasteiger partial charge in [-0.3, -0.25) is 9.59 Å². The molecule has 1 heterocycles. The van der Waals surface area contributed by atoms with Crippen LogP contribution in [0.15, 0.2) is 18.2 Å². The van der Waals surface area contributed by atoms with Gasteiger partial charge in [-0.25, -0.2) is 0 Å². The lowest BCUT2D eigenvalue weighted by atomic mass is 9.94. The van der Waals surface area contributed by atoms with Gasteiger partial charge in [-0.1, -0.05) is 17.7 Å². The average molecular weight is 425 g/mol. The second kappa shape index (κ2) is 9.15. The molecule has 0 N–H and O–H groups in total. The molecule has 1 aliphatic rings. The smallest absolute Gasteiger partial charge is 0.335 e. The van der Waals surface area contributed by atoms with Gasteiger partial charge in [0.05, 0.1) is 0 Å². The number of carbonyl (C=O) groups is 2. The van der Waals surface area contributed by atoms with Gasteiger partial charge < -0.3 is 9.80 Å². The molecule has 2 amide bonds. The van der Waals surface area contributed by atoms with Crippen LogP contribution < -0.4 is 4.90 Å². The van der Waals surface area contributed by atoms with Crippen molar-refractivity contribution in [3.05, 3.63) is 28.8 Å². The predicted octanol–water partition coefficient (Wildman–Crippen LogP) is 4.41. The standard InChI is InChI=1S/C18H21Cl2F3N2O2/c1-12-3-4-14(11-15(12)20)25(8-2-7-19)16(26)13-5-9-24(10-6-13)17(27)18(21,22)23/h3-4,11,13H,2,5-10H2,1H3. The highest BCUT2D eigenvalue weighted by molar-refractivity contribution is 6.31. The summed E-state index contributed by atoms with van der Waals surface area (Å²) >= 11 is 11.9. The van der Waals surface area contributed by atoms with E-state index < -0.39 is 18.0 Å². The van der Waals surface area contributed by atoms with Crippen LogP contribution >= 0.6 is 23.2 Å². The molecular formula is C18H21Cl2F3N2O2. The van der Waals surface area contributed by atoms with Crippen molar-refractivity contribution in [2.45, 2.75) is 32.4 Å². The maximum absolute atomic E-state index is 13.0. The van der Waals surface area contributed by atoms with E-state index in [2.05, 4.69) is 0 Å². The number of likely N-dealkylation sites (tertiary alicyclic amines) is 1. The van der Waals surface area contributed by atoms with Crippen molar-refractivity contribution >= 4 is 40.7 Å². The molecule has 0 atom stereocenters. The molecule has 0 bridgehead atoms. The number of hydrogen-bond acceptors (Lipinski definition) is 2. The number of halogens is 5. The van der Waals surface area contributed by atoms with Gasteiger partial charge >= 0.3 is 12.1 Å². The monoisotopic (exact) mass is 424 g/mol. The van der Waals surface area contributed by atoms with E-state index in [1.807, 2.05) is 13.0 Å². The third-order valence-corrected chi connectivity index (χ3v) is 5.30. The van der Waals surface area contributed by atoms with E-state index in [9.17, 15) is 22.8 Å². The topological polar surface area (TPSA) is 40.6 Å². The average Bonchev–Trinajstić information content (AvgIpc) is 2.63. The molecule has 0 aromatic heterocycles. The maximum atomic E-state index is 13.0. The van der Waals surface area contributed by atoms with Gasteiger partial charge in [0.15, 0.2) is 0 Å². The van der Waals surface area contributed by atoms with Crippen LogP contribution in [0, 0.1) is 12.8 Å². The first-order valence-corrected chi connectivity index (χ1v) is 9.56. The number of anilines is 1. The Bertz CT molecular complexity index is 690. The molecule has 0 saturated carbocycles. The highest BCUT2D eigenvalue weighted by Crippen LogP contribution is 2.29. The normalized spacial score (nSPS) is 15.7. The molecule has 4 nitrogen and oxygen atoms in total. The minimum absolute atomic E-state index is 0.0905. The molecule has 0 radical (unpaired) electrons. The summed E-state index contributed by atoms with van der Waals surface area (Å²) in [5.41, 5.74) is 1.51. The van der Waals surface area contributed by atoms with Crippen molar-refractivity contribution in [3.8, 4) is 0 Å². The van der Waals surface area contributed by atoms with Crippen molar-refractivity contribution in [1.29, 1.82) is 0 Å². The van der Waals surface area contributed by atoms with Crippen molar-refractivity contribution in [1.82, 2.24) is 4.90 Å². The van der Waals surface area contributed by atoms with Gasteiger partial charge in [-0.15, -0.1) is 11.6 Å². The molecule has 1 aliphatic heterocycles.